The first-order chi connectivity index (χ1) is 13.0. The van der Waals surface area contributed by atoms with E-state index in [0.29, 0.717) is 18.2 Å². The van der Waals surface area contributed by atoms with Crippen molar-refractivity contribution in [2.24, 2.45) is 0 Å². The average Bonchev–Trinajstić information content (AvgIpc) is 2.68. The van der Waals surface area contributed by atoms with Crippen molar-refractivity contribution in [2.45, 2.75) is 33.2 Å². The molecule has 0 spiro atoms. The van der Waals surface area contributed by atoms with Crippen LogP contribution in [0.5, 0.6) is 0 Å². The average molecular weight is 360 g/mol. The van der Waals surface area contributed by atoms with Crippen molar-refractivity contribution in [1.82, 2.24) is 9.97 Å². The van der Waals surface area contributed by atoms with Crippen molar-refractivity contribution in [3.8, 4) is 0 Å². The molecular weight excluding hydrogens is 336 g/mol. The first kappa shape index (κ1) is 18.6. The smallest absolute Gasteiger partial charge is 0.274 e. The number of carbonyl (C=O) groups is 1. The molecule has 5 heteroatoms. The quantitative estimate of drug-likeness (QED) is 0.664. The number of aromatic nitrogens is 2. The van der Waals surface area contributed by atoms with Crippen LogP contribution in [-0.2, 0) is 6.54 Å². The van der Waals surface area contributed by atoms with Gasteiger partial charge in [-0.3, -0.25) is 14.8 Å². The molecule has 0 atom stereocenters. The first-order valence-corrected chi connectivity index (χ1v) is 9.04. The second kappa shape index (κ2) is 8.45. The molecule has 2 heterocycles. The van der Waals surface area contributed by atoms with Crippen LogP contribution in [0.1, 0.15) is 46.9 Å². The van der Waals surface area contributed by atoms with Crippen molar-refractivity contribution in [3.63, 3.8) is 0 Å². The molecule has 3 rings (SSSR count). The minimum atomic E-state index is -0.212. The Morgan fingerprint density at radius 1 is 1.11 bits per heavy atom. The van der Waals surface area contributed by atoms with E-state index in [4.69, 9.17) is 0 Å². The fraction of sp³-hybridized carbons (Fsp3) is 0.227. The van der Waals surface area contributed by atoms with Crippen LogP contribution in [0.2, 0.25) is 0 Å². The molecule has 0 fully saturated rings. The molecule has 2 aromatic heterocycles. The SMILES string of the molecule is Cc1cccc(C(C)C)c1NC(=O)c1cc(NCc2cccnc2)ccn1. The maximum Gasteiger partial charge on any atom is 0.274 e. The zero-order valence-corrected chi connectivity index (χ0v) is 15.9. The van der Waals surface area contributed by atoms with Crippen molar-refractivity contribution in [2.75, 3.05) is 10.6 Å². The van der Waals surface area contributed by atoms with E-state index in [-0.39, 0.29) is 5.91 Å². The number of anilines is 2. The molecule has 0 saturated heterocycles. The van der Waals surface area contributed by atoms with Crippen LogP contribution in [0.4, 0.5) is 11.4 Å². The van der Waals surface area contributed by atoms with E-state index in [1.54, 1.807) is 18.5 Å². The van der Waals surface area contributed by atoms with Crippen molar-refractivity contribution < 1.29 is 4.79 Å². The van der Waals surface area contributed by atoms with E-state index in [0.717, 1.165) is 28.1 Å². The van der Waals surface area contributed by atoms with Crippen molar-refractivity contribution >= 4 is 17.3 Å². The molecule has 0 aliphatic carbocycles. The molecule has 0 bridgehead atoms. The Morgan fingerprint density at radius 2 is 1.96 bits per heavy atom. The lowest BCUT2D eigenvalue weighted by atomic mass is 9.98. The van der Waals surface area contributed by atoms with Gasteiger partial charge in [-0.2, -0.15) is 0 Å². The largest absolute Gasteiger partial charge is 0.381 e. The number of hydrogen-bond donors (Lipinski definition) is 2. The highest BCUT2D eigenvalue weighted by molar-refractivity contribution is 6.04. The maximum atomic E-state index is 12.8. The van der Waals surface area contributed by atoms with Crippen LogP contribution >= 0.6 is 0 Å². The number of pyridine rings is 2. The molecule has 3 aromatic rings. The highest BCUT2D eigenvalue weighted by Crippen LogP contribution is 2.27. The molecule has 0 unspecified atom stereocenters. The monoisotopic (exact) mass is 360 g/mol. The molecule has 0 aliphatic heterocycles. The Hall–Kier alpha value is -3.21. The maximum absolute atomic E-state index is 12.8. The normalized spacial score (nSPS) is 10.7. The zero-order valence-electron chi connectivity index (χ0n) is 15.9. The van der Waals surface area contributed by atoms with E-state index < -0.39 is 0 Å². The van der Waals surface area contributed by atoms with E-state index in [1.807, 2.05) is 49.5 Å². The number of hydrogen-bond acceptors (Lipinski definition) is 4. The predicted octanol–water partition coefficient (Wildman–Crippen LogP) is 4.77. The van der Waals surface area contributed by atoms with Crippen molar-refractivity contribution in [1.29, 1.82) is 0 Å². The standard InChI is InChI=1S/C22H24N4O/c1-15(2)19-8-4-6-16(3)21(19)26-22(27)20-12-18(9-11-24-20)25-14-17-7-5-10-23-13-17/h4-13,15H,14H2,1-3H3,(H,24,25)(H,26,27). The topological polar surface area (TPSA) is 66.9 Å². The molecule has 0 radical (unpaired) electrons. The van der Waals surface area contributed by atoms with Gasteiger partial charge in [0, 0.05) is 36.5 Å². The number of aryl methyl sites for hydroxylation is 1. The Bertz CT molecular complexity index is 923. The van der Waals surface area contributed by atoms with Crippen molar-refractivity contribution in [3.05, 3.63) is 83.4 Å². The van der Waals surface area contributed by atoms with Gasteiger partial charge in [0.05, 0.1) is 0 Å². The Labute approximate surface area is 159 Å². The summed E-state index contributed by atoms with van der Waals surface area (Å²) < 4.78 is 0. The lowest BCUT2D eigenvalue weighted by Crippen LogP contribution is -2.16. The molecule has 1 amide bonds. The molecular formula is C22H24N4O. The van der Waals surface area contributed by atoms with E-state index in [1.165, 1.54) is 0 Å². The van der Waals surface area contributed by atoms with Gasteiger partial charge in [-0.25, -0.2) is 0 Å². The first-order valence-electron chi connectivity index (χ1n) is 9.04. The molecule has 138 valence electrons. The summed E-state index contributed by atoms with van der Waals surface area (Å²) in [5, 5.41) is 6.34. The number of carbonyl (C=O) groups excluding carboxylic acids is 1. The molecule has 0 saturated carbocycles. The summed E-state index contributed by atoms with van der Waals surface area (Å²) >= 11 is 0. The van der Waals surface area contributed by atoms with Gasteiger partial charge in [0.2, 0.25) is 0 Å². The van der Waals surface area contributed by atoms with Gasteiger partial charge in [0.15, 0.2) is 0 Å². The third-order valence-corrected chi connectivity index (χ3v) is 4.38. The lowest BCUT2D eigenvalue weighted by Gasteiger charge is -2.16. The van der Waals surface area contributed by atoms with Crippen LogP contribution in [0.3, 0.4) is 0 Å². The molecule has 2 N–H and O–H groups in total. The summed E-state index contributed by atoms with van der Waals surface area (Å²) in [7, 11) is 0. The molecule has 1 aromatic carbocycles. The van der Waals surface area contributed by atoms with Gasteiger partial charge in [-0.15, -0.1) is 0 Å². The van der Waals surface area contributed by atoms with Gasteiger partial charge in [0.25, 0.3) is 5.91 Å². The van der Waals surface area contributed by atoms with E-state index in [2.05, 4.69) is 34.4 Å². The molecule has 0 aliphatic rings. The second-order valence-electron chi connectivity index (χ2n) is 6.79. The minimum Gasteiger partial charge on any atom is -0.381 e. The summed E-state index contributed by atoms with van der Waals surface area (Å²) in [6, 6.07) is 13.6. The van der Waals surface area contributed by atoms with Crippen LogP contribution in [0.15, 0.2) is 61.1 Å². The zero-order chi connectivity index (χ0) is 19.2. The molecule has 27 heavy (non-hydrogen) atoms. The summed E-state index contributed by atoms with van der Waals surface area (Å²) in [6.07, 6.45) is 5.20. The third kappa shape index (κ3) is 4.70. The number of para-hydroxylation sites is 1. The highest BCUT2D eigenvalue weighted by atomic mass is 16.1. The fourth-order valence-corrected chi connectivity index (χ4v) is 2.89. The third-order valence-electron chi connectivity index (χ3n) is 4.38. The Balaban J connectivity index is 1.74. The lowest BCUT2D eigenvalue weighted by molar-refractivity contribution is 0.102. The van der Waals surface area contributed by atoms with Crippen LogP contribution in [0, 0.1) is 6.92 Å². The number of nitrogens with one attached hydrogen (secondary N) is 2. The second-order valence-corrected chi connectivity index (χ2v) is 6.79. The van der Waals surface area contributed by atoms with Crippen LogP contribution < -0.4 is 10.6 Å². The van der Waals surface area contributed by atoms with Gasteiger partial charge in [-0.05, 0) is 47.7 Å². The molecule has 5 nitrogen and oxygen atoms in total. The number of benzene rings is 1. The summed E-state index contributed by atoms with van der Waals surface area (Å²) in [4.78, 5) is 21.1. The van der Waals surface area contributed by atoms with E-state index >= 15 is 0 Å². The summed E-state index contributed by atoms with van der Waals surface area (Å²) in [6.45, 7) is 6.87. The number of nitrogens with zero attached hydrogens (tertiary/aromatic N) is 2. The van der Waals surface area contributed by atoms with E-state index in [9.17, 15) is 4.79 Å². The Kier molecular flexibility index (Phi) is 5.81. The van der Waals surface area contributed by atoms with Crippen LogP contribution in [-0.4, -0.2) is 15.9 Å². The highest BCUT2D eigenvalue weighted by Gasteiger charge is 2.14. The summed E-state index contributed by atoms with van der Waals surface area (Å²) in [5.41, 5.74) is 5.32. The van der Waals surface area contributed by atoms with Gasteiger partial charge in [-0.1, -0.05) is 38.1 Å². The fourth-order valence-electron chi connectivity index (χ4n) is 2.89. The minimum absolute atomic E-state index is 0.212. The number of amides is 1. The van der Waals surface area contributed by atoms with Gasteiger partial charge in [0.1, 0.15) is 5.69 Å². The van der Waals surface area contributed by atoms with Gasteiger partial charge >= 0.3 is 0 Å². The number of rotatable bonds is 6. The Morgan fingerprint density at radius 3 is 2.70 bits per heavy atom. The van der Waals surface area contributed by atoms with Crippen LogP contribution in [0.25, 0.3) is 0 Å². The van der Waals surface area contributed by atoms with Gasteiger partial charge < -0.3 is 10.6 Å². The predicted molar refractivity (Wildman–Crippen MR) is 109 cm³/mol. The summed E-state index contributed by atoms with van der Waals surface area (Å²) in [5.74, 6) is 0.108.